The first-order chi connectivity index (χ1) is 8.19. The van der Waals surface area contributed by atoms with Crippen molar-refractivity contribution in [2.75, 3.05) is 13.7 Å². The minimum atomic E-state index is -0.692. The van der Waals surface area contributed by atoms with Gasteiger partial charge in [0.1, 0.15) is 5.75 Å². The van der Waals surface area contributed by atoms with E-state index in [4.69, 9.17) is 4.74 Å². The van der Waals surface area contributed by atoms with Crippen molar-refractivity contribution in [3.05, 3.63) is 29.3 Å². The van der Waals surface area contributed by atoms with Crippen molar-refractivity contribution >= 4 is 5.97 Å². The molecule has 1 aromatic rings. The van der Waals surface area contributed by atoms with Crippen LogP contribution in [-0.4, -0.2) is 30.9 Å². The molecule has 0 aromatic heterocycles. The van der Waals surface area contributed by atoms with E-state index in [0.29, 0.717) is 6.42 Å². The highest BCUT2D eigenvalue weighted by Gasteiger charge is 2.15. The Labute approximate surface area is 100 Å². The van der Waals surface area contributed by atoms with Crippen LogP contribution in [0, 0.1) is 0 Å². The SMILES string of the molecule is COC(=O)C[C@H](O)Cc1ccc2c(c1)CCO2. The number of esters is 1. The normalized spacial score (nSPS) is 14.9. The number of hydrogen-bond acceptors (Lipinski definition) is 4. The van der Waals surface area contributed by atoms with Gasteiger partial charge in [-0.1, -0.05) is 12.1 Å². The van der Waals surface area contributed by atoms with Crippen molar-refractivity contribution in [1.29, 1.82) is 0 Å². The standard InChI is InChI=1S/C13H16O4/c1-16-13(15)8-11(14)7-9-2-3-12-10(6-9)4-5-17-12/h2-3,6,11,14H,4-5,7-8H2,1H3/t11-/m1/s1. The third kappa shape index (κ3) is 2.97. The molecule has 2 rings (SSSR count). The molecule has 1 N–H and O–H groups in total. The Morgan fingerprint density at radius 2 is 2.41 bits per heavy atom. The number of carbonyl (C=O) groups excluding carboxylic acids is 1. The quantitative estimate of drug-likeness (QED) is 0.795. The first-order valence-corrected chi connectivity index (χ1v) is 5.68. The van der Waals surface area contributed by atoms with Gasteiger partial charge >= 0.3 is 5.97 Å². The van der Waals surface area contributed by atoms with Gasteiger partial charge in [0.15, 0.2) is 0 Å². The second-order valence-corrected chi connectivity index (χ2v) is 4.18. The fourth-order valence-electron chi connectivity index (χ4n) is 1.99. The van der Waals surface area contributed by atoms with Gasteiger partial charge < -0.3 is 14.6 Å². The van der Waals surface area contributed by atoms with E-state index in [-0.39, 0.29) is 12.4 Å². The molecule has 4 nitrogen and oxygen atoms in total. The molecule has 1 heterocycles. The van der Waals surface area contributed by atoms with Gasteiger partial charge in [0.25, 0.3) is 0 Å². The van der Waals surface area contributed by atoms with Crippen molar-refractivity contribution in [1.82, 2.24) is 0 Å². The predicted octanol–water partition coefficient (Wildman–Crippen LogP) is 1.09. The zero-order valence-corrected chi connectivity index (χ0v) is 9.81. The van der Waals surface area contributed by atoms with Crippen LogP contribution in [0.25, 0.3) is 0 Å². The Morgan fingerprint density at radius 1 is 1.59 bits per heavy atom. The van der Waals surface area contributed by atoms with Gasteiger partial charge in [0.2, 0.25) is 0 Å². The number of aliphatic hydroxyl groups excluding tert-OH is 1. The van der Waals surface area contributed by atoms with Crippen LogP contribution in [0.3, 0.4) is 0 Å². The molecular formula is C13H16O4. The van der Waals surface area contributed by atoms with Crippen LogP contribution >= 0.6 is 0 Å². The van der Waals surface area contributed by atoms with E-state index >= 15 is 0 Å². The van der Waals surface area contributed by atoms with Crippen molar-refractivity contribution in [2.45, 2.75) is 25.4 Å². The maximum absolute atomic E-state index is 11.0. The maximum Gasteiger partial charge on any atom is 0.308 e. The summed E-state index contributed by atoms with van der Waals surface area (Å²) in [6, 6.07) is 5.87. The minimum Gasteiger partial charge on any atom is -0.493 e. The number of fused-ring (bicyclic) bond motifs is 1. The molecule has 17 heavy (non-hydrogen) atoms. The number of methoxy groups -OCH3 is 1. The Balaban J connectivity index is 1.97. The highest BCUT2D eigenvalue weighted by Crippen LogP contribution is 2.26. The lowest BCUT2D eigenvalue weighted by molar-refractivity contribution is -0.142. The Hall–Kier alpha value is -1.55. The molecule has 0 saturated heterocycles. The van der Waals surface area contributed by atoms with E-state index in [9.17, 15) is 9.90 Å². The summed E-state index contributed by atoms with van der Waals surface area (Å²) in [7, 11) is 1.32. The van der Waals surface area contributed by atoms with Gasteiger partial charge in [0, 0.05) is 6.42 Å². The van der Waals surface area contributed by atoms with Crippen LogP contribution in [0.1, 0.15) is 17.5 Å². The molecular weight excluding hydrogens is 220 g/mol. The summed E-state index contributed by atoms with van der Waals surface area (Å²) < 4.78 is 9.92. The summed E-state index contributed by atoms with van der Waals surface area (Å²) in [4.78, 5) is 11.0. The number of rotatable bonds is 4. The first kappa shape index (κ1) is 11.9. The summed E-state index contributed by atoms with van der Waals surface area (Å²) in [5.74, 6) is 0.540. The Morgan fingerprint density at radius 3 is 3.18 bits per heavy atom. The number of aliphatic hydroxyl groups is 1. The second-order valence-electron chi connectivity index (χ2n) is 4.18. The minimum absolute atomic E-state index is 0.0318. The summed E-state index contributed by atoms with van der Waals surface area (Å²) in [6.07, 6.45) is 0.714. The molecule has 0 spiro atoms. The lowest BCUT2D eigenvalue weighted by Crippen LogP contribution is -2.17. The Bertz CT molecular complexity index is 414. The van der Waals surface area contributed by atoms with E-state index in [1.54, 1.807) is 0 Å². The summed E-state index contributed by atoms with van der Waals surface area (Å²) in [6.45, 7) is 0.726. The lowest BCUT2D eigenvalue weighted by atomic mass is 10.0. The molecule has 0 fully saturated rings. The van der Waals surface area contributed by atoms with Crippen molar-refractivity contribution < 1.29 is 19.4 Å². The molecule has 92 valence electrons. The molecule has 0 amide bonds. The zero-order chi connectivity index (χ0) is 12.3. The predicted molar refractivity (Wildman–Crippen MR) is 62.0 cm³/mol. The van der Waals surface area contributed by atoms with Crippen LogP contribution < -0.4 is 4.74 Å². The smallest absolute Gasteiger partial charge is 0.308 e. The molecule has 4 heteroatoms. The zero-order valence-electron chi connectivity index (χ0n) is 9.81. The van der Waals surface area contributed by atoms with Crippen LogP contribution in [-0.2, 0) is 22.4 Å². The first-order valence-electron chi connectivity index (χ1n) is 5.68. The van der Waals surface area contributed by atoms with Crippen LogP contribution in [0.2, 0.25) is 0 Å². The monoisotopic (exact) mass is 236 g/mol. The van der Waals surface area contributed by atoms with Crippen molar-refractivity contribution in [2.24, 2.45) is 0 Å². The number of carbonyl (C=O) groups is 1. The molecule has 0 radical (unpaired) electrons. The van der Waals surface area contributed by atoms with Gasteiger partial charge in [-0.3, -0.25) is 4.79 Å². The highest BCUT2D eigenvalue weighted by atomic mass is 16.5. The molecule has 1 atom stereocenters. The van der Waals surface area contributed by atoms with Crippen LogP contribution in [0.15, 0.2) is 18.2 Å². The van der Waals surface area contributed by atoms with E-state index in [1.807, 2.05) is 18.2 Å². The molecule has 0 saturated carbocycles. The average molecular weight is 236 g/mol. The molecule has 1 aliphatic rings. The highest BCUT2D eigenvalue weighted by molar-refractivity contribution is 5.69. The summed E-state index contributed by atoms with van der Waals surface area (Å²) in [5.41, 5.74) is 2.19. The van der Waals surface area contributed by atoms with E-state index < -0.39 is 6.10 Å². The van der Waals surface area contributed by atoms with Gasteiger partial charge in [-0.15, -0.1) is 0 Å². The largest absolute Gasteiger partial charge is 0.493 e. The number of hydrogen-bond donors (Lipinski definition) is 1. The topological polar surface area (TPSA) is 55.8 Å². The third-order valence-electron chi connectivity index (χ3n) is 2.86. The maximum atomic E-state index is 11.0. The van der Waals surface area contributed by atoms with E-state index in [0.717, 1.165) is 24.3 Å². The van der Waals surface area contributed by atoms with E-state index in [1.165, 1.54) is 12.7 Å². The van der Waals surface area contributed by atoms with Crippen LogP contribution in [0.5, 0.6) is 5.75 Å². The number of ether oxygens (including phenoxy) is 2. The van der Waals surface area contributed by atoms with Crippen LogP contribution in [0.4, 0.5) is 0 Å². The fraction of sp³-hybridized carbons (Fsp3) is 0.462. The summed E-state index contributed by atoms with van der Waals surface area (Å²) in [5, 5.41) is 9.72. The van der Waals surface area contributed by atoms with Gasteiger partial charge in [0.05, 0.1) is 26.2 Å². The molecule has 0 unspecified atom stereocenters. The van der Waals surface area contributed by atoms with Gasteiger partial charge in [-0.2, -0.15) is 0 Å². The lowest BCUT2D eigenvalue weighted by Gasteiger charge is -2.10. The number of benzene rings is 1. The fourth-order valence-corrected chi connectivity index (χ4v) is 1.99. The van der Waals surface area contributed by atoms with Crippen molar-refractivity contribution in [3.63, 3.8) is 0 Å². The molecule has 0 bridgehead atoms. The average Bonchev–Trinajstić information content (AvgIpc) is 2.75. The summed E-state index contributed by atoms with van der Waals surface area (Å²) >= 11 is 0. The third-order valence-corrected chi connectivity index (χ3v) is 2.86. The van der Waals surface area contributed by atoms with E-state index in [2.05, 4.69) is 4.74 Å². The van der Waals surface area contributed by atoms with Gasteiger partial charge in [-0.25, -0.2) is 0 Å². The molecule has 1 aliphatic heterocycles. The van der Waals surface area contributed by atoms with Crippen molar-refractivity contribution in [3.8, 4) is 5.75 Å². The Kier molecular flexibility index (Phi) is 3.64. The van der Waals surface area contributed by atoms with Gasteiger partial charge in [-0.05, 0) is 23.6 Å². The molecule has 0 aliphatic carbocycles. The molecule has 1 aromatic carbocycles. The second kappa shape index (κ2) is 5.19.